The fraction of sp³-hybridized carbons (Fsp3) is 0.125. The lowest BCUT2D eigenvalue weighted by molar-refractivity contribution is 0.100. The van der Waals surface area contributed by atoms with Crippen LogP contribution in [0.2, 0.25) is 0 Å². The van der Waals surface area contributed by atoms with Gasteiger partial charge in [0.2, 0.25) is 0 Å². The highest BCUT2D eigenvalue weighted by atomic mass is 16.5. The number of aromatic amines is 1. The Labute approximate surface area is 121 Å². The number of para-hydroxylation sites is 1. The number of rotatable bonds is 4. The zero-order valence-corrected chi connectivity index (χ0v) is 11.5. The number of carbonyl (C=O) groups is 1. The molecule has 1 unspecified atom stereocenters. The molecule has 0 fully saturated rings. The van der Waals surface area contributed by atoms with Gasteiger partial charge in [0, 0.05) is 7.11 Å². The molecular weight excluding hydrogens is 266 g/mol. The Morgan fingerprint density at radius 3 is 2.62 bits per heavy atom. The van der Waals surface area contributed by atoms with Gasteiger partial charge in [-0.25, -0.2) is 4.98 Å². The number of hydrogen-bond acceptors (Lipinski definition) is 3. The second kappa shape index (κ2) is 5.38. The number of aromatic nitrogens is 2. The summed E-state index contributed by atoms with van der Waals surface area (Å²) in [7, 11) is 1.62. The minimum atomic E-state index is -0.493. The molecule has 0 bridgehead atoms. The van der Waals surface area contributed by atoms with E-state index in [9.17, 15) is 4.79 Å². The van der Waals surface area contributed by atoms with Gasteiger partial charge in [0.1, 0.15) is 17.4 Å². The lowest BCUT2D eigenvalue weighted by Crippen LogP contribution is -2.11. The molecule has 0 saturated carbocycles. The summed E-state index contributed by atoms with van der Waals surface area (Å²) in [6, 6.07) is 15.1. The summed E-state index contributed by atoms with van der Waals surface area (Å²) in [5.74, 6) is 0.153. The number of methoxy groups -OCH3 is 1. The van der Waals surface area contributed by atoms with E-state index in [1.165, 1.54) is 0 Å². The predicted octanol–water partition coefficient (Wildman–Crippen LogP) is 2.40. The van der Waals surface area contributed by atoms with E-state index in [2.05, 4.69) is 9.97 Å². The lowest BCUT2D eigenvalue weighted by atomic mass is 10.1. The van der Waals surface area contributed by atoms with Crippen LogP contribution in [-0.2, 0) is 4.74 Å². The number of ether oxygens (including phenoxy) is 1. The van der Waals surface area contributed by atoms with E-state index in [0.717, 1.165) is 11.1 Å². The number of nitrogens with two attached hydrogens (primary N) is 1. The van der Waals surface area contributed by atoms with Gasteiger partial charge in [-0.3, -0.25) is 4.79 Å². The fourth-order valence-electron chi connectivity index (χ4n) is 2.41. The number of fused-ring (bicyclic) bond motifs is 1. The minimum Gasteiger partial charge on any atom is -0.369 e. The number of hydrogen-bond donors (Lipinski definition) is 2. The molecule has 3 rings (SSSR count). The van der Waals surface area contributed by atoms with Crippen molar-refractivity contribution in [2.75, 3.05) is 7.11 Å². The molecule has 3 aromatic rings. The quantitative estimate of drug-likeness (QED) is 0.770. The third-order valence-electron chi connectivity index (χ3n) is 3.38. The molecule has 0 aliphatic rings. The smallest absolute Gasteiger partial charge is 0.250 e. The van der Waals surface area contributed by atoms with Crippen LogP contribution in [0.4, 0.5) is 0 Å². The zero-order chi connectivity index (χ0) is 14.8. The van der Waals surface area contributed by atoms with Crippen molar-refractivity contribution in [3.05, 3.63) is 65.5 Å². The summed E-state index contributed by atoms with van der Waals surface area (Å²) >= 11 is 0. The molecule has 0 aliphatic heterocycles. The van der Waals surface area contributed by atoms with Crippen LogP contribution >= 0.6 is 0 Å². The highest BCUT2D eigenvalue weighted by Gasteiger charge is 2.19. The van der Waals surface area contributed by atoms with E-state index in [-0.39, 0.29) is 6.10 Å². The second-order valence-corrected chi connectivity index (χ2v) is 4.71. The van der Waals surface area contributed by atoms with E-state index in [1.54, 1.807) is 19.2 Å². The Hall–Kier alpha value is -2.66. The van der Waals surface area contributed by atoms with Crippen molar-refractivity contribution in [1.29, 1.82) is 0 Å². The van der Waals surface area contributed by atoms with E-state index in [1.807, 2.05) is 36.4 Å². The van der Waals surface area contributed by atoms with Crippen molar-refractivity contribution in [1.82, 2.24) is 9.97 Å². The third kappa shape index (κ3) is 2.39. The zero-order valence-electron chi connectivity index (χ0n) is 11.5. The highest BCUT2D eigenvalue weighted by molar-refractivity contribution is 6.04. The van der Waals surface area contributed by atoms with Gasteiger partial charge in [-0.15, -0.1) is 0 Å². The Bertz CT molecular complexity index is 781. The molecule has 0 radical (unpaired) electrons. The fourth-order valence-corrected chi connectivity index (χ4v) is 2.41. The molecular formula is C16H15N3O2. The first-order valence-electron chi connectivity index (χ1n) is 6.57. The van der Waals surface area contributed by atoms with Gasteiger partial charge in [-0.1, -0.05) is 36.4 Å². The van der Waals surface area contributed by atoms with Gasteiger partial charge < -0.3 is 15.5 Å². The maximum Gasteiger partial charge on any atom is 0.250 e. The molecule has 3 N–H and O–H groups in total. The van der Waals surface area contributed by atoms with E-state index >= 15 is 0 Å². The van der Waals surface area contributed by atoms with Crippen LogP contribution in [0.5, 0.6) is 0 Å². The number of amides is 1. The van der Waals surface area contributed by atoms with Crippen molar-refractivity contribution in [2.45, 2.75) is 6.10 Å². The average Bonchev–Trinajstić information content (AvgIpc) is 2.92. The summed E-state index contributed by atoms with van der Waals surface area (Å²) in [6.45, 7) is 0. The summed E-state index contributed by atoms with van der Waals surface area (Å²) < 4.78 is 5.54. The van der Waals surface area contributed by atoms with Crippen LogP contribution < -0.4 is 5.73 Å². The second-order valence-electron chi connectivity index (χ2n) is 4.71. The number of nitrogens with zero attached hydrogens (tertiary/aromatic N) is 1. The molecule has 0 saturated heterocycles. The topological polar surface area (TPSA) is 81.0 Å². The molecule has 1 heterocycles. The molecule has 0 spiro atoms. The van der Waals surface area contributed by atoms with Crippen LogP contribution in [-0.4, -0.2) is 23.0 Å². The molecule has 106 valence electrons. The number of nitrogens with one attached hydrogen (secondary N) is 1. The monoisotopic (exact) mass is 281 g/mol. The molecule has 1 amide bonds. The van der Waals surface area contributed by atoms with E-state index < -0.39 is 5.91 Å². The molecule has 21 heavy (non-hydrogen) atoms. The van der Waals surface area contributed by atoms with Crippen LogP contribution in [0.15, 0.2) is 48.5 Å². The lowest BCUT2D eigenvalue weighted by Gasteiger charge is -2.12. The number of H-pyrrole nitrogens is 1. The molecule has 2 aromatic carbocycles. The summed E-state index contributed by atoms with van der Waals surface area (Å²) in [5.41, 5.74) is 8.10. The van der Waals surface area contributed by atoms with Gasteiger partial charge in [-0.05, 0) is 17.7 Å². The largest absolute Gasteiger partial charge is 0.369 e. The van der Waals surface area contributed by atoms with Crippen molar-refractivity contribution >= 4 is 16.9 Å². The van der Waals surface area contributed by atoms with Crippen molar-refractivity contribution in [3.63, 3.8) is 0 Å². The summed E-state index contributed by atoms with van der Waals surface area (Å²) in [6.07, 6.45) is -0.320. The average molecular weight is 281 g/mol. The molecule has 1 atom stereocenters. The van der Waals surface area contributed by atoms with Gasteiger partial charge in [0.15, 0.2) is 0 Å². The first kappa shape index (κ1) is 13.3. The number of primary amides is 1. The first-order valence-corrected chi connectivity index (χ1v) is 6.57. The van der Waals surface area contributed by atoms with E-state index in [4.69, 9.17) is 10.5 Å². The number of benzene rings is 2. The van der Waals surface area contributed by atoms with Gasteiger partial charge in [-0.2, -0.15) is 0 Å². The number of imidazole rings is 1. The standard InChI is InChI=1S/C16H15N3O2/c1-21-14(10-6-3-2-4-7-10)16-18-12-9-5-8-11(15(17)20)13(12)19-16/h2-9,14H,1H3,(H2,17,20)(H,18,19). The Balaban J connectivity index is 2.12. The first-order chi connectivity index (χ1) is 10.2. The Kier molecular flexibility index (Phi) is 3.41. The molecule has 0 aliphatic carbocycles. The van der Waals surface area contributed by atoms with E-state index in [0.29, 0.717) is 16.9 Å². The summed E-state index contributed by atoms with van der Waals surface area (Å²) in [5, 5.41) is 0. The molecule has 5 nitrogen and oxygen atoms in total. The van der Waals surface area contributed by atoms with Crippen molar-refractivity contribution in [2.24, 2.45) is 5.73 Å². The van der Waals surface area contributed by atoms with Gasteiger partial charge >= 0.3 is 0 Å². The normalized spacial score (nSPS) is 12.4. The maximum absolute atomic E-state index is 11.5. The van der Waals surface area contributed by atoms with Crippen LogP contribution in [0, 0.1) is 0 Å². The van der Waals surface area contributed by atoms with Gasteiger partial charge in [0.25, 0.3) is 5.91 Å². The van der Waals surface area contributed by atoms with Crippen molar-refractivity contribution < 1.29 is 9.53 Å². The van der Waals surface area contributed by atoms with Crippen LogP contribution in [0.25, 0.3) is 11.0 Å². The number of carbonyl (C=O) groups excluding carboxylic acids is 1. The highest BCUT2D eigenvalue weighted by Crippen LogP contribution is 2.26. The predicted molar refractivity (Wildman–Crippen MR) is 79.9 cm³/mol. The maximum atomic E-state index is 11.5. The Morgan fingerprint density at radius 1 is 1.19 bits per heavy atom. The third-order valence-corrected chi connectivity index (χ3v) is 3.38. The SMILES string of the molecule is COC(c1ccccc1)c1nc2c(C(N)=O)cccc2[nH]1. The van der Waals surface area contributed by atoms with Gasteiger partial charge in [0.05, 0.1) is 11.1 Å². The molecule has 1 aromatic heterocycles. The minimum absolute atomic E-state index is 0.320. The van der Waals surface area contributed by atoms with Crippen LogP contribution in [0.3, 0.4) is 0 Å². The Morgan fingerprint density at radius 2 is 1.95 bits per heavy atom. The summed E-state index contributed by atoms with van der Waals surface area (Å²) in [4.78, 5) is 19.2. The van der Waals surface area contributed by atoms with Crippen LogP contribution in [0.1, 0.15) is 27.8 Å². The molecule has 5 heteroatoms. The van der Waals surface area contributed by atoms with Crippen molar-refractivity contribution in [3.8, 4) is 0 Å².